The quantitative estimate of drug-likeness (QED) is 0.719. The smallest absolute Gasteiger partial charge is 0.290 e. The summed E-state index contributed by atoms with van der Waals surface area (Å²) in [6.45, 7) is 0.770. The molecule has 1 aromatic heterocycles. The lowest BCUT2D eigenvalue weighted by molar-refractivity contribution is -0.127. The number of carboxylic acid groups (broad SMARTS) is 1. The van der Waals surface area contributed by atoms with Crippen LogP contribution in [0.2, 0.25) is 0 Å². The zero-order chi connectivity index (χ0) is 22.1. The second-order valence-corrected chi connectivity index (χ2v) is 8.26. The van der Waals surface area contributed by atoms with E-state index in [4.69, 9.17) is 9.90 Å². The van der Waals surface area contributed by atoms with E-state index >= 15 is 0 Å². The summed E-state index contributed by atoms with van der Waals surface area (Å²) in [7, 11) is 2.08. The fraction of sp³-hybridized carbons (Fsp3) is 0.591. The molecule has 0 bridgehead atoms. The fourth-order valence-electron chi connectivity index (χ4n) is 4.41. The Morgan fingerprint density at radius 1 is 1.10 bits per heavy atom. The monoisotopic (exact) mass is 428 g/mol. The first-order valence-corrected chi connectivity index (χ1v) is 11.1. The largest absolute Gasteiger partial charge is 0.483 e. The third-order valence-corrected chi connectivity index (χ3v) is 6.15. The number of carbonyl (C=O) groups excluding carboxylic acids is 1. The molecule has 1 aliphatic carbocycles. The molecule has 4 rings (SSSR count). The van der Waals surface area contributed by atoms with Crippen LogP contribution >= 0.6 is 0 Å². The average molecular weight is 429 g/mol. The van der Waals surface area contributed by atoms with Crippen LogP contribution in [0.3, 0.4) is 0 Å². The molecular formula is C22H32N6O3. The highest BCUT2D eigenvalue weighted by Crippen LogP contribution is 2.28. The Labute approximate surface area is 182 Å². The number of nitrogens with one attached hydrogen (secondary N) is 1. The first-order valence-electron chi connectivity index (χ1n) is 11.1. The van der Waals surface area contributed by atoms with E-state index in [1.165, 1.54) is 12.8 Å². The molecule has 9 heteroatoms. The molecule has 168 valence electrons. The summed E-state index contributed by atoms with van der Waals surface area (Å²) < 4.78 is 0. The van der Waals surface area contributed by atoms with E-state index in [-0.39, 0.29) is 30.5 Å². The molecule has 2 aromatic rings. The maximum atomic E-state index is 12.7. The van der Waals surface area contributed by atoms with Crippen molar-refractivity contribution in [2.75, 3.05) is 13.6 Å². The van der Waals surface area contributed by atoms with E-state index in [1.54, 1.807) is 4.80 Å². The molecule has 2 heterocycles. The van der Waals surface area contributed by atoms with Gasteiger partial charge in [-0.2, -0.15) is 4.80 Å². The van der Waals surface area contributed by atoms with Crippen LogP contribution < -0.4 is 5.32 Å². The predicted octanol–water partition coefficient (Wildman–Crippen LogP) is 2.52. The number of aromatic nitrogens is 4. The second kappa shape index (κ2) is 11.5. The minimum atomic E-state index is -0.250. The molecule has 1 aliphatic heterocycles. The summed E-state index contributed by atoms with van der Waals surface area (Å²) in [6.07, 6.45) is 8.42. The van der Waals surface area contributed by atoms with Gasteiger partial charge < -0.3 is 10.4 Å². The Hall–Kier alpha value is -2.81. The molecule has 1 saturated carbocycles. The highest BCUT2D eigenvalue weighted by Gasteiger charge is 2.29. The van der Waals surface area contributed by atoms with Crippen molar-refractivity contribution in [3.63, 3.8) is 0 Å². The lowest BCUT2D eigenvalue weighted by Crippen LogP contribution is -2.49. The summed E-state index contributed by atoms with van der Waals surface area (Å²) in [5, 5.41) is 23.3. The van der Waals surface area contributed by atoms with Gasteiger partial charge in [0.25, 0.3) is 6.47 Å². The minimum absolute atomic E-state index is 0.0330. The minimum Gasteiger partial charge on any atom is -0.483 e. The van der Waals surface area contributed by atoms with Gasteiger partial charge in [-0.3, -0.25) is 14.5 Å². The van der Waals surface area contributed by atoms with Gasteiger partial charge in [0.15, 0.2) is 0 Å². The van der Waals surface area contributed by atoms with E-state index in [9.17, 15) is 4.79 Å². The molecule has 0 radical (unpaired) electrons. The van der Waals surface area contributed by atoms with Gasteiger partial charge in [-0.25, -0.2) is 0 Å². The molecule has 1 unspecified atom stereocenters. The van der Waals surface area contributed by atoms with Crippen molar-refractivity contribution in [3.8, 4) is 11.4 Å². The third-order valence-electron chi connectivity index (χ3n) is 6.15. The zero-order valence-corrected chi connectivity index (χ0v) is 18.1. The number of nitrogens with zero attached hydrogens (tertiary/aromatic N) is 5. The van der Waals surface area contributed by atoms with Crippen molar-refractivity contribution >= 4 is 12.4 Å². The Bertz CT molecular complexity index is 820. The van der Waals surface area contributed by atoms with Gasteiger partial charge in [0, 0.05) is 11.6 Å². The van der Waals surface area contributed by atoms with Crippen LogP contribution in [0.15, 0.2) is 30.3 Å². The van der Waals surface area contributed by atoms with Gasteiger partial charge >= 0.3 is 0 Å². The first kappa shape index (κ1) is 22.9. The Balaban J connectivity index is 0.000000858. The molecule has 1 amide bonds. The molecular weight excluding hydrogens is 396 g/mol. The Morgan fingerprint density at radius 3 is 2.52 bits per heavy atom. The summed E-state index contributed by atoms with van der Waals surface area (Å²) >= 11 is 0. The normalized spacial score (nSPS) is 24.4. The molecule has 2 N–H and O–H groups in total. The van der Waals surface area contributed by atoms with E-state index in [0.717, 1.165) is 50.6 Å². The second-order valence-electron chi connectivity index (χ2n) is 8.26. The molecule has 1 saturated heterocycles. The number of amides is 1. The van der Waals surface area contributed by atoms with Crippen molar-refractivity contribution in [3.05, 3.63) is 30.3 Å². The van der Waals surface area contributed by atoms with Crippen molar-refractivity contribution < 1.29 is 14.7 Å². The van der Waals surface area contributed by atoms with Gasteiger partial charge in [0.05, 0.1) is 12.1 Å². The summed E-state index contributed by atoms with van der Waals surface area (Å²) in [5.74, 6) is 0.880. The van der Waals surface area contributed by atoms with Crippen molar-refractivity contribution in [2.45, 2.75) is 69.5 Å². The van der Waals surface area contributed by atoms with Gasteiger partial charge in [-0.15, -0.1) is 10.2 Å². The number of rotatable bonds is 4. The van der Waals surface area contributed by atoms with Crippen LogP contribution in [0.5, 0.6) is 0 Å². The standard InChI is InChI=1S/C21H30N6O.CH2O2/c1-26-15-7-3-6-10-19(26)21(28)22-17-11-13-18(14-12-17)27-24-20(23-25-27)16-8-4-2-5-9-16;2-1-3/h2,4-5,8-9,17-19H,3,6-7,10-15H2,1H3,(H,22,28);1H,(H,2,3). The molecule has 1 aromatic carbocycles. The highest BCUT2D eigenvalue weighted by molar-refractivity contribution is 5.82. The molecule has 2 fully saturated rings. The van der Waals surface area contributed by atoms with Gasteiger partial charge in [-0.05, 0) is 57.3 Å². The lowest BCUT2D eigenvalue weighted by Gasteiger charge is -2.31. The molecule has 9 nitrogen and oxygen atoms in total. The van der Waals surface area contributed by atoms with Crippen molar-refractivity contribution in [1.82, 2.24) is 30.4 Å². The number of tetrazole rings is 1. The van der Waals surface area contributed by atoms with E-state index in [0.29, 0.717) is 5.82 Å². The zero-order valence-electron chi connectivity index (χ0n) is 18.1. The van der Waals surface area contributed by atoms with Crippen LogP contribution in [-0.4, -0.2) is 68.3 Å². The molecule has 31 heavy (non-hydrogen) atoms. The highest BCUT2D eigenvalue weighted by atomic mass is 16.3. The average Bonchev–Trinajstić information content (AvgIpc) is 3.18. The van der Waals surface area contributed by atoms with Crippen molar-refractivity contribution in [2.24, 2.45) is 0 Å². The van der Waals surface area contributed by atoms with Crippen LogP contribution in [-0.2, 0) is 9.59 Å². The number of hydrogen-bond acceptors (Lipinski definition) is 6. The summed E-state index contributed by atoms with van der Waals surface area (Å²) in [5.41, 5.74) is 0.988. The summed E-state index contributed by atoms with van der Waals surface area (Å²) in [6, 6.07) is 10.5. The van der Waals surface area contributed by atoms with Gasteiger partial charge in [0.1, 0.15) is 0 Å². The predicted molar refractivity (Wildman–Crippen MR) is 116 cm³/mol. The molecule has 0 spiro atoms. The Kier molecular flexibility index (Phi) is 8.52. The van der Waals surface area contributed by atoms with Crippen LogP contribution in [0, 0.1) is 0 Å². The van der Waals surface area contributed by atoms with E-state index < -0.39 is 0 Å². The van der Waals surface area contributed by atoms with Crippen molar-refractivity contribution in [1.29, 1.82) is 0 Å². The third kappa shape index (κ3) is 6.33. The van der Waals surface area contributed by atoms with Gasteiger partial charge in [-0.1, -0.05) is 43.2 Å². The number of likely N-dealkylation sites (tertiary alicyclic amines) is 1. The number of carbonyl (C=O) groups is 2. The molecule has 1 atom stereocenters. The SMILES string of the molecule is CN1CCCCCC1C(=O)NC1CCC(n2nnc(-c3ccccc3)n2)CC1.O=CO. The molecule has 2 aliphatic rings. The number of benzene rings is 1. The maximum Gasteiger partial charge on any atom is 0.290 e. The van der Waals surface area contributed by atoms with Crippen LogP contribution in [0.25, 0.3) is 11.4 Å². The Morgan fingerprint density at radius 2 is 1.81 bits per heavy atom. The fourth-order valence-corrected chi connectivity index (χ4v) is 4.41. The van der Waals surface area contributed by atoms with Gasteiger partial charge in [0.2, 0.25) is 11.7 Å². The maximum absolute atomic E-state index is 12.7. The van der Waals surface area contributed by atoms with E-state index in [1.807, 2.05) is 30.3 Å². The van der Waals surface area contributed by atoms with Crippen LogP contribution in [0.1, 0.15) is 57.4 Å². The van der Waals surface area contributed by atoms with Crippen LogP contribution in [0.4, 0.5) is 0 Å². The van der Waals surface area contributed by atoms with E-state index in [2.05, 4.69) is 32.7 Å². The first-order chi connectivity index (χ1) is 15.1. The summed E-state index contributed by atoms with van der Waals surface area (Å²) in [4.78, 5) is 25.1. The number of likely N-dealkylation sites (N-methyl/N-ethyl adjacent to an activating group) is 1. The lowest BCUT2D eigenvalue weighted by atomic mass is 9.91. The topological polar surface area (TPSA) is 113 Å². The number of hydrogen-bond donors (Lipinski definition) is 2.